The first-order valence-electron chi connectivity index (χ1n) is 5.56. The molecule has 0 aromatic heterocycles. The summed E-state index contributed by atoms with van der Waals surface area (Å²) in [5.41, 5.74) is 6.16. The molecule has 2 fully saturated rings. The van der Waals surface area contributed by atoms with Crippen molar-refractivity contribution in [1.29, 1.82) is 0 Å². The van der Waals surface area contributed by atoms with Gasteiger partial charge in [-0.1, -0.05) is 13.8 Å². The molecule has 92 valence electrons. The molecule has 1 saturated carbocycles. The summed E-state index contributed by atoms with van der Waals surface area (Å²) in [5.74, 6) is 0.244. The van der Waals surface area contributed by atoms with Crippen LogP contribution in [-0.2, 0) is 29.9 Å². The van der Waals surface area contributed by atoms with E-state index in [2.05, 4.69) is 13.8 Å². The van der Waals surface area contributed by atoms with Gasteiger partial charge in [0.1, 0.15) is 0 Å². The quantitative estimate of drug-likeness (QED) is 0.747. The minimum Gasteiger partial charge on any atom is -0.348 e. The zero-order valence-corrected chi connectivity index (χ0v) is 11.1. The van der Waals surface area contributed by atoms with E-state index in [0.717, 1.165) is 39.0 Å². The van der Waals surface area contributed by atoms with Crippen LogP contribution in [0.25, 0.3) is 0 Å². The van der Waals surface area contributed by atoms with Gasteiger partial charge in [0.05, 0.1) is 13.2 Å². The van der Waals surface area contributed by atoms with Crippen LogP contribution in [0.2, 0.25) is 0 Å². The van der Waals surface area contributed by atoms with Gasteiger partial charge < -0.3 is 15.2 Å². The molecule has 1 saturated heterocycles. The molecule has 2 aliphatic rings. The fourth-order valence-electron chi connectivity index (χ4n) is 2.63. The van der Waals surface area contributed by atoms with Crippen LogP contribution < -0.4 is 5.73 Å². The molecule has 0 radical (unpaired) electrons. The minimum atomic E-state index is -0.278. The van der Waals surface area contributed by atoms with E-state index in [1.807, 2.05) is 0 Å². The zero-order valence-electron chi connectivity index (χ0n) is 9.53. The van der Waals surface area contributed by atoms with Crippen molar-refractivity contribution < 1.29 is 29.9 Å². The fourth-order valence-corrected chi connectivity index (χ4v) is 2.63. The van der Waals surface area contributed by atoms with Gasteiger partial charge in [0.2, 0.25) is 0 Å². The summed E-state index contributed by atoms with van der Waals surface area (Å²) in [6, 6.07) is 0. The van der Waals surface area contributed by atoms with Crippen LogP contribution in [0.3, 0.4) is 0 Å². The topological polar surface area (TPSA) is 44.5 Å². The second kappa shape index (κ2) is 4.81. The molecule has 1 atom stereocenters. The maximum absolute atomic E-state index is 5.82. The zero-order chi connectivity index (χ0) is 10.2. The number of hydrogen-bond donors (Lipinski definition) is 1. The molecule has 0 amide bonds. The van der Waals surface area contributed by atoms with Crippen molar-refractivity contribution in [3.05, 3.63) is 0 Å². The Bertz CT molecular complexity index is 215. The third-order valence-electron chi connectivity index (χ3n) is 3.91. The predicted octanol–water partition coefficient (Wildman–Crippen LogP) is 1.51. The molecule has 0 unspecified atom stereocenters. The summed E-state index contributed by atoms with van der Waals surface area (Å²) >= 11 is 0. The van der Waals surface area contributed by atoms with Crippen molar-refractivity contribution in [1.82, 2.24) is 0 Å². The predicted molar refractivity (Wildman–Crippen MR) is 54.8 cm³/mol. The van der Waals surface area contributed by atoms with Gasteiger partial charge >= 0.3 is 0 Å². The number of nitrogens with two attached hydrogens (primary N) is 1. The number of ether oxygens (including phenoxy) is 2. The molecule has 1 aliphatic heterocycles. The first kappa shape index (κ1) is 13.6. The summed E-state index contributed by atoms with van der Waals surface area (Å²) in [5, 5.41) is 0. The molecular formula is C11H21NO2Pd. The summed E-state index contributed by atoms with van der Waals surface area (Å²) < 4.78 is 11.5. The van der Waals surface area contributed by atoms with Crippen LogP contribution in [0.5, 0.6) is 0 Å². The average Bonchev–Trinajstić information content (AvgIpc) is 2.59. The van der Waals surface area contributed by atoms with Gasteiger partial charge in [-0.15, -0.1) is 0 Å². The van der Waals surface area contributed by atoms with Crippen LogP contribution in [0.1, 0.15) is 33.1 Å². The van der Waals surface area contributed by atoms with Crippen LogP contribution in [0.4, 0.5) is 0 Å². The van der Waals surface area contributed by atoms with Crippen molar-refractivity contribution in [3.8, 4) is 0 Å². The summed E-state index contributed by atoms with van der Waals surface area (Å²) in [6.45, 7) is 6.83. The maximum atomic E-state index is 5.82. The van der Waals surface area contributed by atoms with E-state index in [0.29, 0.717) is 11.3 Å². The number of hydrogen-bond acceptors (Lipinski definition) is 3. The standard InChI is InChI=1S/C11H21NO2.Pd/c1-10(2)3-4-11(7-9(10)8-12)13-5-6-14-11;/h9H,3-8,12H2,1-2H3;/t9-;/m0./s1. The Kier molecular flexibility index (Phi) is 4.36. The largest absolute Gasteiger partial charge is 0.348 e. The molecule has 3 nitrogen and oxygen atoms in total. The Labute approximate surface area is 106 Å². The molecule has 2 N–H and O–H groups in total. The van der Waals surface area contributed by atoms with E-state index in [-0.39, 0.29) is 26.2 Å². The van der Waals surface area contributed by atoms with Gasteiger partial charge in [-0.2, -0.15) is 0 Å². The van der Waals surface area contributed by atoms with Crippen LogP contribution >= 0.6 is 0 Å². The number of rotatable bonds is 1. The molecule has 1 aliphatic carbocycles. The molecule has 0 aromatic carbocycles. The van der Waals surface area contributed by atoms with Gasteiger partial charge in [-0.05, 0) is 24.3 Å². The molecule has 15 heavy (non-hydrogen) atoms. The van der Waals surface area contributed by atoms with Crippen molar-refractivity contribution in [2.45, 2.75) is 38.9 Å². The van der Waals surface area contributed by atoms with E-state index in [4.69, 9.17) is 15.2 Å². The third-order valence-corrected chi connectivity index (χ3v) is 3.91. The smallest absolute Gasteiger partial charge is 0.168 e. The Morgan fingerprint density at radius 3 is 2.33 bits per heavy atom. The minimum absolute atomic E-state index is 0. The van der Waals surface area contributed by atoms with E-state index < -0.39 is 0 Å². The summed E-state index contributed by atoms with van der Waals surface area (Å²) in [6.07, 6.45) is 3.14. The third kappa shape index (κ3) is 2.62. The van der Waals surface area contributed by atoms with E-state index in [1.165, 1.54) is 0 Å². The monoisotopic (exact) mass is 305 g/mol. The fraction of sp³-hybridized carbons (Fsp3) is 1.00. The second-order valence-electron chi connectivity index (χ2n) is 5.23. The molecular weight excluding hydrogens is 285 g/mol. The van der Waals surface area contributed by atoms with Gasteiger partial charge in [0, 0.05) is 33.3 Å². The van der Waals surface area contributed by atoms with Crippen molar-refractivity contribution >= 4 is 0 Å². The van der Waals surface area contributed by atoms with Crippen LogP contribution in [-0.4, -0.2) is 25.5 Å². The van der Waals surface area contributed by atoms with Crippen LogP contribution in [0, 0.1) is 11.3 Å². The Morgan fingerprint density at radius 1 is 1.20 bits per heavy atom. The van der Waals surface area contributed by atoms with Gasteiger partial charge in [0.25, 0.3) is 0 Å². The first-order chi connectivity index (χ1) is 6.58. The summed E-state index contributed by atoms with van der Waals surface area (Å²) in [7, 11) is 0. The second-order valence-corrected chi connectivity index (χ2v) is 5.23. The van der Waals surface area contributed by atoms with Crippen LogP contribution in [0.15, 0.2) is 0 Å². The molecule has 1 heterocycles. The van der Waals surface area contributed by atoms with Gasteiger partial charge in [-0.3, -0.25) is 0 Å². The Hall–Kier alpha value is 0.542. The SMILES string of the molecule is CC1(C)CCC2(C[C@H]1CN)OCCO2.[Pd]. The van der Waals surface area contributed by atoms with Gasteiger partial charge in [-0.25, -0.2) is 0 Å². The Morgan fingerprint density at radius 2 is 1.80 bits per heavy atom. The maximum Gasteiger partial charge on any atom is 0.168 e. The first-order valence-corrected chi connectivity index (χ1v) is 5.56. The summed E-state index contributed by atoms with van der Waals surface area (Å²) in [4.78, 5) is 0. The normalized spacial score (nSPS) is 32.6. The van der Waals surface area contributed by atoms with E-state index >= 15 is 0 Å². The Balaban J connectivity index is 0.00000112. The molecule has 0 bridgehead atoms. The van der Waals surface area contributed by atoms with E-state index in [9.17, 15) is 0 Å². The van der Waals surface area contributed by atoms with Crippen molar-refractivity contribution in [2.75, 3.05) is 19.8 Å². The molecule has 4 heteroatoms. The van der Waals surface area contributed by atoms with E-state index in [1.54, 1.807) is 0 Å². The van der Waals surface area contributed by atoms with Crippen molar-refractivity contribution in [2.24, 2.45) is 17.1 Å². The average molecular weight is 306 g/mol. The van der Waals surface area contributed by atoms with Crippen molar-refractivity contribution in [3.63, 3.8) is 0 Å². The molecule has 0 aromatic rings. The molecule has 2 rings (SSSR count). The molecule has 1 spiro atoms. The van der Waals surface area contributed by atoms with Gasteiger partial charge in [0.15, 0.2) is 5.79 Å².